The quantitative estimate of drug-likeness (QED) is 0.679. The predicted octanol–water partition coefficient (Wildman–Crippen LogP) is 2.20. The van der Waals surface area contributed by atoms with Crippen LogP contribution in [-0.4, -0.2) is 41.4 Å². The van der Waals surface area contributed by atoms with E-state index >= 15 is 0 Å². The number of halogens is 1. The van der Waals surface area contributed by atoms with Gasteiger partial charge in [-0.05, 0) is 44.7 Å². The third kappa shape index (κ3) is 2.84. The molecule has 1 aromatic heterocycles. The molecular formula is C16H21FN2O3. The topological polar surface area (TPSA) is 54.7 Å². The zero-order valence-corrected chi connectivity index (χ0v) is 13.3. The molecule has 0 aliphatic heterocycles. The Morgan fingerprint density at radius 1 is 1.50 bits per heavy atom. The number of hydrogen-bond acceptors (Lipinski definition) is 4. The molecule has 1 aromatic carbocycles. The number of aromatic nitrogens is 1. The number of carbonyl (C=O) groups excluding carboxylic acids is 1. The number of aliphatic hydroxyl groups excluding tert-OH is 1. The Balaban J connectivity index is 2.66. The smallest absolute Gasteiger partial charge is 0.310 e. The van der Waals surface area contributed by atoms with Crippen LogP contribution >= 0.6 is 0 Å². The van der Waals surface area contributed by atoms with Crippen molar-refractivity contribution >= 4 is 16.9 Å². The maximum atomic E-state index is 13.7. The maximum absolute atomic E-state index is 13.7. The van der Waals surface area contributed by atoms with E-state index in [1.54, 1.807) is 18.0 Å². The molecule has 22 heavy (non-hydrogen) atoms. The van der Waals surface area contributed by atoms with E-state index in [0.717, 1.165) is 16.6 Å². The van der Waals surface area contributed by atoms with Crippen LogP contribution in [0, 0.1) is 12.7 Å². The minimum atomic E-state index is -0.338. The molecule has 2 aromatic rings. The van der Waals surface area contributed by atoms with Gasteiger partial charge in [-0.3, -0.25) is 9.69 Å². The summed E-state index contributed by atoms with van der Waals surface area (Å²) in [6, 6.07) is 4.51. The van der Waals surface area contributed by atoms with Crippen molar-refractivity contribution in [2.45, 2.75) is 26.4 Å². The van der Waals surface area contributed by atoms with Gasteiger partial charge in [-0.25, -0.2) is 4.39 Å². The number of fused-ring (bicyclic) bond motifs is 1. The van der Waals surface area contributed by atoms with Crippen LogP contribution < -0.4 is 0 Å². The average Bonchev–Trinajstić information content (AvgIpc) is 2.77. The minimum Gasteiger partial charge on any atom is -0.469 e. The van der Waals surface area contributed by atoms with Crippen molar-refractivity contribution in [3.63, 3.8) is 0 Å². The molecule has 0 amide bonds. The Labute approximate surface area is 128 Å². The lowest BCUT2D eigenvalue weighted by Gasteiger charge is -2.26. The van der Waals surface area contributed by atoms with Crippen molar-refractivity contribution in [3.8, 4) is 0 Å². The summed E-state index contributed by atoms with van der Waals surface area (Å²) in [5.74, 6) is -0.677. The molecule has 0 radical (unpaired) electrons. The SMILES string of the molecule is COC(=O)Cc1c(C)n(C(C)N(C)CO)c2cc(F)ccc12. The second kappa shape index (κ2) is 6.46. The summed E-state index contributed by atoms with van der Waals surface area (Å²) in [5, 5.41) is 10.2. The van der Waals surface area contributed by atoms with Gasteiger partial charge >= 0.3 is 5.97 Å². The third-order valence-electron chi connectivity index (χ3n) is 4.13. The fourth-order valence-corrected chi connectivity index (χ4v) is 2.72. The van der Waals surface area contributed by atoms with Gasteiger partial charge in [0.25, 0.3) is 0 Å². The number of methoxy groups -OCH3 is 1. The van der Waals surface area contributed by atoms with E-state index in [1.165, 1.54) is 19.2 Å². The monoisotopic (exact) mass is 308 g/mol. The van der Waals surface area contributed by atoms with E-state index in [-0.39, 0.29) is 31.1 Å². The Kier molecular flexibility index (Phi) is 4.83. The lowest BCUT2D eigenvalue weighted by molar-refractivity contribution is -0.139. The Morgan fingerprint density at radius 3 is 2.77 bits per heavy atom. The van der Waals surface area contributed by atoms with Crippen LogP contribution in [0.5, 0.6) is 0 Å². The lowest BCUT2D eigenvalue weighted by atomic mass is 10.1. The predicted molar refractivity (Wildman–Crippen MR) is 81.9 cm³/mol. The Bertz CT molecular complexity index is 696. The fraction of sp³-hybridized carbons (Fsp3) is 0.438. The van der Waals surface area contributed by atoms with Crippen LogP contribution in [0.25, 0.3) is 10.9 Å². The van der Waals surface area contributed by atoms with E-state index in [1.807, 2.05) is 18.4 Å². The second-order valence-corrected chi connectivity index (χ2v) is 5.38. The largest absolute Gasteiger partial charge is 0.469 e. The van der Waals surface area contributed by atoms with Gasteiger partial charge in [-0.1, -0.05) is 0 Å². The number of carbonyl (C=O) groups is 1. The van der Waals surface area contributed by atoms with Crippen molar-refractivity contribution in [2.24, 2.45) is 0 Å². The van der Waals surface area contributed by atoms with Crippen molar-refractivity contribution in [1.29, 1.82) is 0 Å². The van der Waals surface area contributed by atoms with E-state index in [9.17, 15) is 14.3 Å². The zero-order valence-electron chi connectivity index (χ0n) is 13.3. The third-order valence-corrected chi connectivity index (χ3v) is 4.13. The molecule has 0 aliphatic rings. The molecule has 1 unspecified atom stereocenters. The van der Waals surface area contributed by atoms with Gasteiger partial charge in [0.2, 0.25) is 0 Å². The Hall–Kier alpha value is -1.92. The van der Waals surface area contributed by atoms with E-state index in [4.69, 9.17) is 4.74 Å². The van der Waals surface area contributed by atoms with Crippen LogP contribution in [-0.2, 0) is 16.0 Å². The molecule has 5 nitrogen and oxygen atoms in total. The van der Waals surface area contributed by atoms with Crippen molar-refractivity contribution in [3.05, 3.63) is 35.3 Å². The maximum Gasteiger partial charge on any atom is 0.310 e. The highest BCUT2D eigenvalue weighted by atomic mass is 19.1. The van der Waals surface area contributed by atoms with Gasteiger partial charge in [-0.15, -0.1) is 0 Å². The number of nitrogens with zero attached hydrogens (tertiary/aromatic N) is 2. The summed E-state index contributed by atoms with van der Waals surface area (Å²) in [4.78, 5) is 13.4. The highest BCUT2D eigenvalue weighted by Crippen LogP contribution is 2.31. The van der Waals surface area contributed by atoms with E-state index < -0.39 is 0 Å². The first-order valence-corrected chi connectivity index (χ1v) is 7.07. The van der Waals surface area contributed by atoms with Crippen molar-refractivity contribution < 1.29 is 19.0 Å². The number of esters is 1. The molecule has 1 heterocycles. The highest BCUT2D eigenvalue weighted by Gasteiger charge is 2.22. The molecule has 6 heteroatoms. The number of aliphatic hydroxyl groups is 1. The highest BCUT2D eigenvalue weighted by molar-refractivity contribution is 5.89. The molecule has 0 fully saturated rings. The molecular weight excluding hydrogens is 287 g/mol. The summed E-state index contributed by atoms with van der Waals surface area (Å²) >= 11 is 0. The first-order valence-electron chi connectivity index (χ1n) is 7.07. The number of hydrogen-bond donors (Lipinski definition) is 1. The molecule has 2 rings (SSSR count). The number of ether oxygens (including phenoxy) is 1. The molecule has 1 N–H and O–H groups in total. The van der Waals surface area contributed by atoms with Gasteiger partial charge in [0.1, 0.15) is 5.82 Å². The van der Waals surface area contributed by atoms with Crippen LogP contribution in [0.1, 0.15) is 24.3 Å². The van der Waals surface area contributed by atoms with E-state index in [2.05, 4.69) is 0 Å². The molecule has 120 valence electrons. The molecule has 0 saturated carbocycles. The molecule has 0 spiro atoms. The first-order chi connectivity index (χ1) is 10.4. The van der Waals surface area contributed by atoms with Crippen LogP contribution in [0.2, 0.25) is 0 Å². The number of benzene rings is 1. The summed E-state index contributed by atoms with van der Waals surface area (Å²) in [7, 11) is 3.12. The van der Waals surface area contributed by atoms with Crippen LogP contribution in [0.4, 0.5) is 4.39 Å². The van der Waals surface area contributed by atoms with Gasteiger partial charge < -0.3 is 14.4 Å². The van der Waals surface area contributed by atoms with Crippen molar-refractivity contribution in [1.82, 2.24) is 9.47 Å². The van der Waals surface area contributed by atoms with Crippen molar-refractivity contribution in [2.75, 3.05) is 20.9 Å². The van der Waals surface area contributed by atoms with Crippen LogP contribution in [0.15, 0.2) is 18.2 Å². The normalized spacial score (nSPS) is 12.9. The number of rotatable bonds is 5. The molecule has 1 atom stereocenters. The average molecular weight is 308 g/mol. The fourth-order valence-electron chi connectivity index (χ4n) is 2.72. The molecule has 0 aliphatic carbocycles. The van der Waals surface area contributed by atoms with Gasteiger partial charge in [0.15, 0.2) is 0 Å². The van der Waals surface area contributed by atoms with Gasteiger partial charge in [0.05, 0.1) is 31.9 Å². The van der Waals surface area contributed by atoms with Gasteiger partial charge in [-0.2, -0.15) is 0 Å². The lowest BCUT2D eigenvalue weighted by Crippen LogP contribution is -2.28. The molecule has 0 bridgehead atoms. The summed E-state index contributed by atoms with van der Waals surface area (Å²) in [5.41, 5.74) is 2.38. The summed E-state index contributed by atoms with van der Waals surface area (Å²) in [6.45, 7) is 3.68. The zero-order chi connectivity index (χ0) is 16.4. The molecule has 0 saturated heterocycles. The summed E-state index contributed by atoms with van der Waals surface area (Å²) < 4.78 is 20.3. The minimum absolute atomic E-state index is 0.123. The summed E-state index contributed by atoms with van der Waals surface area (Å²) in [6.07, 6.45) is -0.0479. The Morgan fingerprint density at radius 2 is 2.18 bits per heavy atom. The van der Waals surface area contributed by atoms with Gasteiger partial charge in [0, 0.05) is 11.1 Å². The first kappa shape index (κ1) is 16.5. The standard InChI is InChI=1S/C16H21FN2O3/c1-10-14(8-16(21)22-4)13-6-5-12(17)7-15(13)19(10)11(2)18(3)9-20/h5-7,11,20H,8-9H2,1-4H3. The second-order valence-electron chi connectivity index (χ2n) is 5.38. The van der Waals surface area contributed by atoms with E-state index in [0.29, 0.717) is 5.52 Å². The van der Waals surface area contributed by atoms with Crippen LogP contribution in [0.3, 0.4) is 0 Å².